The van der Waals surface area contributed by atoms with E-state index in [4.69, 9.17) is 0 Å². The second-order valence-corrected chi connectivity index (χ2v) is 5.45. The molecule has 0 spiro atoms. The summed E-state index contributed by atoms with van der Waals surface area (Å²) in [6.07, 6.45) is 2.17. The van der Waals surface area contributed by atoms with Gasteiger partial charge in [0.15, 0.2) is 0 Å². The third-order valence-electron chi connectivity index (χ3n) is 3.41. The van der Waals surface area contributed by atoms with Gasteiger partial charge in [-0.3, -0.25) is 0 Å². The standard InChI is InChI=1S/C15H22F2N2O/c1-11(2)18-12-6-5-9-19(10-12)13-7-3-4-8-14(13)20-15(16)17/h3-4,7-8,11-12,15,18H,5-6,9-10H2,1-2H3. The van der Waals surface area contributed by atoms with E-state index in [0.29, 0.717) is 12.1 Å². The van der Waals surface area contributed by atoms with E-state index in [1.165, 1.54) is 0 Å². The molecule has 2 rings (SSSR count). The molecule has 1 aliphatic rings. The molecule has 0 radical (unpaired) electrons. The van der Waals surface area contributed by atoms with Gasteiger partial charge in [-0.05, 0) is 25.0 Å². The summed E-state index contributed by atoms with van der Waals surface area (Å²) >= 11 is 0. The molecule has 1 unspecified atom stereocenters. The predicted molar refractivity (Wildman–Crippen MR) is 76.6 cm³/mol. The highest BCUT2D eigenvalue weighted by Gasteiger charge is 2.23. The number of hydrogen-bond acceptors (Lipinski definition) is 3. The number of rotatable bonds is 5. The minimum atomic E-state index is -2.79. The molecule has 0 aromatic heterocycles. The molecule has 3 nitrogen and oxygen atoms in total. The van der Waals surface area contributed by atoms with Crippen molar-refractivity contribution in [3.8, 4) is 5.75 Å². The van der Waals surface area contributed by atoms with Crippen LogP contribution in [-0.2, 0) is 0 Å². The number of hydrogen-bond donors (Lipinski definition) is 1. The molecule has 1 fully saturated rings. The molecule has 1 aromatic carbocycles. The topological polar surface area (TPSA) is 24.5 Å². The highest BCUT2D eigenvalue weighted by Crippen LogP contribution is 2.31. The fourth-order valence-electron chi connectivity index (χ4n) is 2.72. The van der Waals surface area contributed by atoms with E-state index in [0.717, 1.165) is 31.6 Å². The van der Waals surface area contributed by atoms with Crippen LogP contribution in [0, 0.1) is 0 Å². The van der Waals surface area contributed by atoms with Crippen LogP contribution in [0.5, 0.6) is 5.75 Å². The molecule has 1 aliphatic heterocycles. The van der Waals surface area contributed by atoms with E-state index in [2.05, 4.69) is 28.8 Å². The summed E-state index contributed by atoms with van der Waals surface area (Å²) in [6.45, 7) is 3.15. The van der Waals surface area contributed by atoms with Gasteiger partial charge in [-0.2, -0.15) is 8.78 Å². The summed E-state index contributed by atoms with van der Waals surface area (Å²) in [5.41, 5.74) is 0.753. The second kappa shape index (κ2) is 6.88. The Morgan fingerprint density at radius 1 is 1.30 bits per heavy atom. The summed E-state index contributed by atoms with van der Waals surface area (Å²) in [5, 5.41) is 3.51. The van der Waals surface area contributed by atoms with Crippen LogP contribution in [-0.4, -0.2) is 31.8 Å². The second-order valence-electron chi connectivity index (χ2n) is 5.45. The Bertz CT molecular complexity index is 426. The molecule has 112 valence electrons. The molecule has 0 aliphatic carbocycles. The van der Waals surface area contributed by atoms with Crippen molar-refractivity contribution < 1.29 is 13.5 Å². The monoisotopic (exact) mass is 284 g/mol. The number of nitrogens with one attached hydrogen (secondary N) is 1. The molecule has 20 heavy (non-hydrogen) atoms. The molecule has 1 heterocycles. The minimum absolute atomic E-state index is 0.257. The largest absolute Gasteiger partial charge is 0.433 e. The lowest BCUT2D eigenvalue weighted by atomic mass is 10.0. The zero-order valence-corrected chi connectivity index (χ0v) is 12.0. The van der Waals surface area contributed by atoms with E-state index in [1.54, 1.807) is 12.1 Å². The van der Waals surface area contributed by atoms with Crippen LogP contribution in [0.2, 0.25) is 0 Å². The Morgan fingerprint density at radius 3 is 2.75 bits per heavy atom. The lowest BCUT2D eigenvalue weighted by Gasteiger charge is -2.36. The first-order valence-electron chi connectivity index (χ1n) is 7.11. The number of para-hydroxylation sites is 2. The Morgan fingerprint density at radius 2 is 2.05 bits per heavy atom. The maximum Gasteiger partial charge on any atom is 0.387 e. The first-order valence-corrected chi connectivity index (χ1v) is 7.11. The third-order valence-corrected chi connectivity index (χ3v) is 3.41. The van der Waals surface area contributed by atoms with Gasteiger partial charge in [0.05, 0.1) is 5.69 Å². The number of anilines is 1. The van der Waals surface area contributed by atoms with E-state index in [1.807, 2.05) is 12.1 Å². The van der Waals surface area contributed by atoms with Crippen LogP contribution >= 0.6 is 0 Å². The molecule has 1 aromatic rings. The van der Waals surface area contributed by atoms with Gasteiger partial charge in [0.2, 0.25) is 0 Å². The average molecular weight is 284 g/mol. The van der Waals surface area contributed by atoms with Crippen LogP contribution in [0.25, 0.3) is 0 Å². The van der Waals surface area contributed by atoms with Gasteiger partial charge in [-0.1, -0.05) is 26.0 Å². The van der Waals surface area contributed by atoms with Crippen LogP contribution in [0.3, 0.4) is 0 Å². The van der Waals surface area contributed by atoms with Crippen LogP contribution in [0.1, 0.15) is 26.7 Å². The zero-order valence-electron chi connectivity index (χ0n) is 12.0. The number of benzene rings is 1. The maximum absolute atomic E-state index is 12.5. The van der Waals surface area contributed by atoms with E-state index >= 15 is 0 Å². The fraction of sp³-hybridized carbons (Fsp3) is 0.600. The Kier molecular flexibility index (Phi) is 5.17. The first kappa shape index (κ1) is 15.0. The maximum atomic E-state index is 12.5. The highest BCUT2D eigenvalue weighted by atomic mass is 19.3. The van der Waals surface area contributed by atoms with Gasteiger partial charge in [-0.25, -0.2) is 0 Å². The van der Waals surface area contributed by atoms with Crippen molar-refractivity contribution >= 4 is 5.69 Å². The lowest BCUT2D eigenvalue weighted by molar-refractivity contribution is -0.0495. The van der Waals surface area contributed by atoms with Gasteiger partial charge in [0.25, 0.3) is 0 Å². The van der Waals surface area contributed by atoms with Crippen LogP contribution in [0.4, 0.5) is 14.5 Å². The molecule has 1 N–H and O–H groups in total. The number of ether oxygens (including phenoxy) is 1. The van der Waals surface area contributed by atoms with Crippen LogP contribution in [0.15, 0.2) is 24.3 Å². The van der Waals surface area contributed by atoms with Crippen molar-refractivity contribution in [2.45, 2.75) is 45.4 Å². The molecular weight excluding hydrogens is 262 g/mol. The van der Waals surface area contributed by atoms with Crippen molar-refractivity contribution in [3.63, 3.8) is 0 Å². The third kappa shape index (κ3) is 4.07. The Hall–Kier alpha value is -1.36. The Balaban J connectivity index is 2.10. The van der Waals surface area contributed by atoms with Crippen molar-refractivity contribution in [1.82, 2.24) is 5.32 Å². The summed E-state index contributed by atoms with van der Waals surface area (Å²) < 4.78 is 29.5. The van der Waals surface area contributed by atoms with Gasteiger partial charge < -0.3 is 15.0 Å². The molecular formula is C15H22F2N2O. The SMILES string of the molecule is CC(C)NC1CCCN(c2ccccc2OC(F)F)C1. The normalized spacial score (nSPS) is 19.7. The zero-order chi connectivity index (χ0) is 14.5. The fourth-order valence-corrected chi connectivity index (χ4v) is 2.72. The quantitative estimate of drug-likeness (QED) is 0.898. The molecule has 5 heteroatoms. The molecule has 0 saturated carbocycles. The van der Waals surface area contributed by atoms with Gasteiger partial charge in [0.1, 0.15) is 5.75 Å². The van der Waals surface area contributed by atoms with Gasteiger partial charge in [0, 0.05) is 25.2 Å². The van der Waals surface area contributed by atoms with E-state index in [-0.39, 0.29) is 5.75 Å². The average Bonchev–Trinajstić information content (AvgIpc) is 2.38. The lowest BCUT2D eigenvalue weighted by Crippen LogP contribution is -2.48. The van der Waals surface area contributed by atoms with Gasteiger partial charge in [-0.15, -0.1) is 0 Å². The number of piperidine rings is 1. The van der Waals surface area contributed by atoms with Crippen molar-refractivity contribution in [1.29, 1.82) is 0 Å². The Labute approximate surface area is 118 Å². The summed E-state index contributed by atoms with van der Waals surface area (Å²) in [6, 6.07) is 7.83. The van der Waals surface area contributed by atoms with Gasteiger partial charge >= 0.3 is 6.61 Å². The smallest absolute Gasteiger partial charge is 0.387 e. The molecule has 0 amide bonds. The molecule has 0 bridgehead atoms. The van der Waals surface area contributed by atoms with Crippen molar-refractivity contribution in [2.75, 3.05) is 18.0 Å². The van der Waals surface area contributed by atoms with E-state index < -0.39 is 6.61 Å². The molecule has 1 atom stereocenters. The summed E-state index contributed by atoms with van der Waals surface area (Å²) in [7, 11) is 0. The number of nitrogens with zero attached hydrogens (tertiary/aromatic N) is 1. The predicted octanol–water partition coefficient (Wildman–Crippen LogP) is 3.25. The first-order chi connectivity index (χ1) is 9.56. The molecule has 1 saturated heterocycles. The highest BCUT2D eigenvalue weighted by molar-refractivity contribution is 5.58. The number of alkyl halides is 2. The summed E-state index contributed by atoms with van der Waals surface area (Å²) in [4.78, 5) is 2.13. The van der Waals surface area contributed by atoms with Crippen molar-refractivity contribution in [2.24, 2.45) is 0 Å². The van der Waals surface area contributed by atoms with Crippen LogP contribution < -0.4 is 15.0 Å². The minimum Gasteiger partial charge on any atom is -0.433 e. The van der Waals surface area contributed by atoms with E-state index in [9.17, 15) is 8.78 Å². The summed E-state index contributed by atoms with van der Waals surface area (Å²) in [5.74, 6) is 0.257. The number of halogens is 2. The van der Waals surface area contributed by atoms with Crippen molar-refractivity contribution in [3.05, 3.63) is 24.3 Å².